The highest BCUT2D eigenvalue weighted by Gasteiger charge is 2.28. The number of fused-ring (bicyclic) bond motifs is 1. The Morgan fingerprint density at radius 2 is 2.26 bits per heavy atom. The van der Waals surface area contributed by atoms with Gasteiger partial charge in [-0.15, -0.1) is 0 Å². The molecule has 1 aromatic heterocycles. The maximum absolute atomic E-state index is 5.88. The van der Waals surface area contributed by atoms with Gasteiger partial charge in [-0.1, -0.05) is 30.3 Å². The second-order valence-electron chi connectivity index (χ2n) is 4.84. The smallest absolute Gasteiger partial charge is 0.228 e. The summed E-state index contributed by atoms with van der Waals surface area (Å²) in [6.07, 6.45) is 2.15. The second kappa shape index (κ2) is 5.01. The van der Waals surface area contributed by atoms with E-state index in [4.69, 9.17) is 15.0 Å². The van der Waals surface area contributed by atoms with Gasteiger partial charge in [0.25, 0.3) is 0 Å². The van der Waals surface area contributed by atoms with E-state index >= 15 is 0 Å². The molecule has 0 amide bonds. The first-order chi connectivity index (χ1) is 9.26. The number of hydrogen-bond acceptors (Lipinski definition) is 5. The van der Waals surface area contributed by atoms with Crippen LogP contribution in [0.4, 0.5) is 0 Å². The molecule has 2 atom stereocenters. The van der Waals surface area contributed by atoms with Gasteiger partial charge in [0.05, 0.1) is 0 Å². The summed E-state index contributed by atoms with van der Waals surface area (Å²) in [4.78, 5) is 4.38. The Hall–Kier alpha value is -1.88. The van der Waals surface area contributed by atoms with Crippen LogP contribution in [0.25, 0.3) is 0 Å². The molecule has 2 heterocycles. The molecule has 2 aromatic rings. The first-order valence-electron chi connectivity index (χ1n) is 6.59. The van der Waals surface area contributed by atoms with E-state index in [0.29, 0.717) is 18.1 Å². The molecule has 1 aromatic carbocycles. The molecule has 5 nitrogen and oxygen atoms in total. The monoisotopic (exact) mass is 259 g/mol. The molecule has 2 N–H and O–H groups in total. The molecule has 1 aliphatic heterocycles. The van der Waals surface area contributed by atoms with Crippen LogP contribution in [0.5, 0.6) is 5.75 Å². The van der Waals surface area contributed by atoms with E-state index < -0.39 is 0 Å². The Morgan fingerprint density at radius 1 is 1.42 bits per heavy atom. The van der Waals surface area contributed by atoms with Gasteiger partial charge in [0.2, 0.25) is 11.7 Å². The van der Waals surface area contributed by atoms with E-state index in [1.54, 1.807) is 0 Å². The minimum atomic E-state index is -0.146. The van der Waals surface area contributed by atoms with Crippen molar-refractivity contribution in [3.63, 3.8) is 0 Å². The summed E-state index contributed by atoms with van der Waals surface area (Å²) in [5.41, 5.74) is 7.06. The van der Waals surface area contributed by atoms with Gasteiger partial charge in [0, 0.05) is 18.9 Å². The average Bonchev–Trinajstić information content (AvgIpc) is 3.04. The van der Waals surface area contributed by atoms with Crippen LogP contribution in [0.1, 0.15) is 36.7 Å². The molecule has 0 fully saturated rings. The molecule has 0 radical (unpaired) electrons. The minimum absolute atomic E-state index is 0.0648. The number of nitrogens with two attached hydrogens (primary N) is 1. The molecule has 1 aliphatic rings. The lowest BCUT2D eigenvalue weighted by atomic mass is 10.1. The van der Waals surface area contributed by atoms with Crippen LogP contribution < -0.4 is 10.5 Å². The van der Waals surface area contributed by atoms with Crippen molar-refractivity contribution in [2.75, 3.05) is 0 Å². The molecular weight excluding hydrogens is 242 g/mol. The van der Waals surface area contributed by atoms with Crippen molar-refractivity contribution >= 4 is 0 Å². The zero-order chi connectivity index (χ0) is 13.2. The van der Waals surface area contributed by atoms with Gasteiger partial charge in [0.15, 0.2) is 6.10 Å². The topological polar surface area (TPSA) is 74.2 Å². The Balaban J connectivity index is 1.72. The summed E-state index contributed by atoms with van der Waals surface area (Å²) in [6.45, 7) is 2.04. The largest absolute Gasteiger partial charge is 0.482 e. The van der Waals surface area contributed by atoms with Crippen LogP contribution in [0.2, 0.25) is 0 Å². The fourth-order valence-electron chi connectivity index (χ4n) is 2.18. The first kappa shape index (κ1) is 12.2. The van der Waals surface area contributed by atoms with Crippen molar-refractivity contribution < 1.29 is 9.26 Å². The van der Waals surface area contributed by atoms with E-state index in [0.717, 1.165) is 18.6 Å². The lowest BCUT2D eigenvalue weighted by Gasteiger charge is -2.05. The molecule has 0 spiro atoms. The number of rotatable bonds is 4. The molecule has 0 bridgehead atoms. The summed E-state index contributed by atoms with van der Waals surface area (Å²) in [5, 5.41) is 4.00. The second-order valence-corrected chi connectivity index (χ2v) is 4.84. The van der Waals surface area contributed by atoms with Crippen molar-refractivity contribution in [3.8, 4) is 5.75 Å². The zero-order valence-electron chi connectivity index (χ0n) is 10.9. The van der Waals surface area contributed by atoms with Gasteiger partial charge in [0.1, 0.15) is 5.75 Å². The van der Waals surface area contributed by atoms with Crippen LogP contribution >= 0.6 is 0 Å². The van der Waals surface area contributed by atoms with Gasteiger partial charge in [-0.25, -0.2) is 0 Å². The first-order valence-corrected chi connectivity index (χ1v) is 6.59. The molecule has 0 aliphatic carbocycles. The molecule has 5 heteroatoms. The van der Waals surface area contributed by atoms with Crippen LogP contribution in [-0.4, -0.2) is 16.2 Å². The molecular formula is C14H17N3O2. The molecule has 0 saturated carbocycles. The highest BCUT2D eigenvalue weighted by Crippen LogP contribution is 2.35. The Bertz CT molecular complexity index is 542. The standard InChI is InChI=1S/C14H17N3O2/c1-2-10(15)8-13-16-14(17-19-13)12-7-9-5-3-4-6-11(9)18-12/h3-6,10,12H,2,7-8,15H2,1H3. The van der Waals surface area contributed by atoms with Gasteiger partial charge < -0.3 is 15.0 Å². The summed E-state index contributed by atoms with van der Waals surface area (Å²) >= 11 is 0. The van der Waals surface area contributed by atoms with Crippen LogP contribution in [0.3, 0.4) is 0 Å². The summed E-state index contributed by atoms with van der Waals surface area (Å²) in [5.74, 6) is 2.10. The van der Waals surface area contributed by atoms with E-state index in [2.05, 4.69) is 16.2 Å². The van der Waals surface area contributed by atoms with E-state index in [1.807, 2.05) is 25.1 Å². The fraction of sp³-hybridized carbons (Fsp3) is 0.429. The molecule has 19 heavy (non-hydrogen) atoms. The number of para-hydroxylation sites is 1. The Labute approximate surface area is 111 Å². The van der Waals surface area contributed by atoms with E-state index in [1.165, 1.54) is 5.56 Å². The minimum Gasteiger partial charge on any atom is -0.482 e. The van der Waals surface area contributed by atoms with Crippen molar-refractivity contribution in [2.45, 2.75) is 38.3 Å². The highest BCUT2D eigenvalue weighted by atomic mass is 16.5. The Morgan fingerprint density at radius 3 is 3.05 bits per heavy atom. The van der Waals surface area contributed by atoms with E-state index in [-0.39, 0.29) is 12.1 Å². The quantitative estimate of drug-likeness (QED) is 0.909. The highest BCUT2D eigenvalue weighted by molar-refractivity contribution is 5.37. The maximum atomic E-state index is 5.88. The predicted molar refractivity (Wildman–Crippen MR) is 69.8 cm³/mol. The number of aromatic nitrogens is 2. The summed E-state index contributed by atoms with van der Waals surface area (Å²) in [6, 6.07) is 8.05. The third-order valence-electron chi connectivity index (χ3n) is 3.38. The lowest BCUT2D eigenvalue weighted by Crippen LogP contribution is -2.21. The number of benzene rings is 1. The Kier molecular flexibility index (Phi) is 3.21. The van der Waals surface area contributed by atoms with Crippen LogP contribution in [0.15, 0.2) is 28.8 Å². The third kappa shape index (κ3) is 2.46. The predicted octanol–water partition coefficient (Wildman–Crippen LogP) is 2.03. The SMILES string of the molecule is CCC(N)Cc1nc(C2Cc3ccccc3O2)no1. The maximum Gasteiger partial charge on any atom is 0.228 e. The van der Waals surface area contributed by atoms with Crippen molar-refractivity contribution in [3.05, 3.63) is 41.5 Å². The van der Waals surface area contributed by atoms with E-state index in [9.17, 15) is 0 Å². The van der Waals surface area contributed by atoms with Gasteiger partial charge in [-0.3, -0.25) is 0 Å². The van der Waals surface area contributed by atoms with Gasteiger partial charge >= 0.3 is 0 Å². The van der Waals surface area contributed by atoms with Crippen LogP contribution in [0, 0.1) is 0 Å². The zero-order valence-corrected chi connectivity index (χ0v) is 10.9. The van der Waals surface area contributed by atoms with Gasteiger partial charge in [-0.05, 0) is 18.1 Å². The van der Waals surface area contributed by atoms with Gasteiger partial charge in [-0.2, -0.15) is 4.98 Å². The lowest BCUT2D eigenvalue weighted by molar-refractivity contribution is 0.221. The fourth-order valence-corrected chi connectivity index (χ4v) is 2.18. The number of ether oxygens (including phenoxy) is 1. The van der Waals surface area contributed by atoms with Crippen molar-refractivity contribution in [1.82, 2.24) is 10.1 Å². The average molecular weight is 259 g/mol. The molecule has 0 saturated heterocycles. The van der Waals surface area contributed by atoms with Crippen molar-refractivity contribution in [2.24, 2.45) is 5.73 Å². The molecule has 100 valence electrons. The molecule has 2 unspecified atom stereocenters. The summed E-state index contributed by atoms with van der Waals surface area (Å²) in [7, 11) is 0. The normalized spacial score (nSPS) is 18.9. The number of nitrogens with zero attached hydrogens (tertiary/aromatic N) is 2. The summed E-state index contributed by atoms with van der Waals surface area (Å²) < 4.78 is 11.0. The van der Waals surface area contributed by atoms with Crippen LogP contribution in [-0.2, 0) is 12.8 Å². The third-order valence-corrected chi connectivity index (χ3v) is 3.38. The van der Waals surface area contributed by atoms with Crippen molar-refractivity contribution in [1.29, 1.82) is 0 Å². The molecule has 3 rings (SSSR count). The number of hydrogen-bond donors (Lipinski definition) is 1.